The molecule has 0 aliphatic heterocycles. The van der Waals surface area contributed by atoms with Crippen LogP contribution in [0.4, 0.5) is 0 Å². The topological polar surface area (TPSA) is 0 Å². The van der Waals surface area contributed by atoms with Crippen LogP contribution in [0.15, 0.2) is 96.1 Å². The quantitative estimate of drug-likeness (QED) is 0.124. The first-order valence-electron chi connectivity index (χ1n) is 22.0. The Hall–Kier alpha value is -1.96. The predicted octanol–water partition coefficient (Wildman–Crippen LogP) is 16.0. The van der Waals surface area contributed by atoms with Crippen LogP contribution in [-0.4, -0.2) is 6.88 Å². The van der Waals surface area contributed by atoms with Crippen LogP contribution in [0.5, 0.6) is 0 Å². The van der Waals surface area contributed by atoms with Crippen molar-refractivity contribution in [1.29, 1.82) is 0 Å². The van der Waals surface area contributed by atoms with Crippen molar-refractivity contribution in [3.8, 4) is 22.3 Å². The van der Waals surface area contributed by atoms with Gasteiger partial charge in [-0.15, -0.1) is 24.8 Å². The van der Waals surface area contributed by atoms with Gasteiger partial charge in [0.15, 0.2) is 0 Å². The van der Waals surface area contributed by atoms with Gasteiger partial charge in [-0.05, 0) is 0 Å². The standard InChI is InChI=1S/2C24H27.C3H7.CH3.2ClH.H2Si.Zr/c2*1-17(2)20-10-12-21(13-11-20)23-9-5-8-22-15-19(16-24(22)23)14-18-6-3-4-7-18;1-3-2;;;;;/h2*5,8-13,15-18H,3-4,6-7,14H2,1-2H3;1,3H2,2H3;1H3;2*1H;1H2;. The Morgan fingerprint density at radius 3 is 1.29 bits per heavy atom. The number of rotatable bonds is 12. The number of fused-ring (bicyclic) bond motifs is 2. The van der Waals surface area contributed by atoms with E-state index in [9.17, 15) is 0 Å². The fourth-order valence-corrected chi connectivity index (χ4v) is 38.0. The molecule has 0 nitrogen and oxygen atoms in total. The van der Waals surface area contributed by atoms with E-state index >= 15 is 0 Å². The summed E-state index contributed by atoms with van der Waals surface area (Å²) in [6, 6.07) is 34.0. The number of allylic oxidation sites excluding steroid dienone is 2. The molecule has 4 aromatic carbocycles. The minimum absolute atomic E-state index is 0. The molecule has 2 unspecified atom stereocenters. The van der Waals surface area contributed by atoms with E-state index in [1.165, 1.54) is 108 Å². The molecule has 2 fully saturated rings. The third kappa shape index (κ3) is 8.14. The molecule has 4 heteroatoms. The SMILES string of the molecule is CC[CH2][Zr]([CH3])(=[SiH2])([CH]1C(CC2CCCC2)=Cc2c(-c3ccc(C(C)C)cc3)cccc21)[CH]1C(CC2CCCC2)=Cc2c(-c3ccc(C(C)C)cc3)cccc21.Cl.Cl. The van der Waals surface area contributed by atoms with Gasteiger partial charge in [0.05, 0.1) is 0 Å². The Kier molecular flexibility index (Phi) is 13.8. The van der Waals surface area contributed by atoms with E-state index in [1.54, 1.807) is 22.3 Å². The summed E-state index contributed by atoms with van der Waals surface area (Å²) in [6.07, 6.45) is 20.7. The first-order valence-corrected chi connectivity index (χ1v) is 34.9. The second kappa shape index (κ2) is 17.7. The molecule has 0 N–H and O–H groups in total. The fraction of sp³-hybridized carbons (Fsp3) is 0.462. The number of benzene rings is 4. The summed E-state index contributed by atoms with van der Waals surface area (Å²) in [5, 5.41) is 0. The summed E-state index contributed by atoms with van der Waals surface area (Å²) < 4.78 is 5.57. The molecule has 298 valence electrons. The fourth-order valence-electron chi connectivity index (χ4n) is 12.2. The Balaban J connectivity index is 0.00000266. The van der Waals surface area contributed by atoms with Crippen LogP contribution < -0.4 is 0 Å². The van der Waals surface area contributed by atoms with Gasteiger partial charge in [0.1, 0.15) is 0 Å². The van der Waals surface area contributed by atoms with Crippen LogP contribution >= 0.6 is 24.8 Å². The normalized spacial score (nSPS) is 19.8. The summed E-state index contributed by atoms with van der Waals surface area (Å²) in [7, 11) is 0. The third-order valence-corrected chi connectivity index (χ3v) is 38.3. The molecular weight excluding hydrogens is 815 g/mol. The summed E-state index contributed by atoms with van der Waals surface area (Å²) in [6.45, 7) is 14.4. The average molecular weight is 883 g/mol. The van der Waals surface area contributed by atoms with Crippen molar-refractivity contribution >= 4 is 43.8 Å². The van der Waals surface area contributed by atoms with Crippen molar-refractivity contribution in [2.24, 2.45) is 11.8 Å². The third-order valence-electron chi connectivity index (χ3n) is 14.8. The molecule has 0 saturated heterocycles. The van der Waals surface area contributed by atoms with Gasteiger partial charge in [0.2, 0.25) is 0 Å². The molecule has 56 heavy (non-hydrogen) atoms. The molecule has 0 bridgehead atoms. The second-order valence-corrected chi connectivity index (χ2v) is 47.9. The zero-order valence-electron chi connectivity index (χ0n) is 35.2. The smallest absolute Gasteiger partial charge is 0.147 e. The van der Waals surface area contributed by atoms with Crippen LogP contribution in [0.2, 0.25) is 8.76 Å². The minimum atomic E-state index is -3.90. The van der Waals surface area contributed by atoms with Gasteiger partial charge in [0.25, 0.3) is 0 Å². The van der Waals surface area contributed by atoms with Crippen molar-refractivity contribution in [1.82, 2.24) is 0 Å². The van der Waals surface area contributed by atoms with Gasteiger partial charge in [-0.2, -0.15) is 0 Å². The molecule has 2 atom stereocenters. The zero-order valence-corrected chi connectivity index (χ0v) is 40.7. The maximum Gasteiger partial charge on any atom is -0.147 e. The van der Waals surface area contributed by atoms with Crippen molar-refractivity contribution < 1.29 is 17.4 Å². The van der Waals surface area contributed by atoms with Crippen LogP contribution in [0.1, 0.15) is 158 Å². The molecule has 4 aliphatic carbocycles. The van der Waals surface area contributed by atoms with Gasteiger partial charge < -0.3 is 0 Å². The number of halogens is 2. The monoisotopic (exact) mass is 880 g/mol. The molecule has 0 heterocycles. The molecule has 0 spiro atoms. The molecule has 8 rings (SSSR count). The van der Waals surface area contributed by atoms with Crippen molar-refractivity contribution in [2.75, 3.05) is 0 Å². The molecule has 2 saturated carbocycles. The minimum Gasteiger partial charge on any atom is -0.147 e. The molecule has 0 amide bonds. The molecule has 0 radical (unpaired) electrons. The van der Waals surface area contributed by atoms with E-state index in [0.29, 0.717) is 19.1 Å². The van der Waals surface area contributed by atoms with Gasteiger partial charge in [-0.25, -0.2) is 0 Å². The van der Waals surface area contributed by atoms with E-state index in [4.69, 9.17) is 0 Å². The van der Waals surface area contributed by atoms with Gasteiger partial charge >= 0.3 is 333 Å². The maximum absolute atomic E-state index is 3.90. The van der Waals surface area contributed by atoms with Gasteiger partial charge in [0, 0.05) is 0 Å². The summed E-state index contributed by atoms with van der Waals surface area (Å²) in [5.74, 6) is 2.79. The van der Waals surface area contributed by atoms with Crippen LogP contribution in [0.3, 0.4) is 0 Å². The summed E-state index contributed by atoms with van der Waals surface area (Å²) in [4.78, 5) is 0. The largest absolute Gasteiger partial charge is 0.147 e. The second-order valence-electron chi connectivity index (χ2n) is 19.5. The van der Waals surface area contributed by atoms with E-state index < -0.39 is 17.4 Å². The van der Waals surface area contributed by atoms with E-state index in [2.05, 4.69) is 143 Å². The Morgan fingerprint density at radius 1 is 0.571 bits per heavy atom. The van der Waals surface area contributed by atoms with E-state index in [-0.39, 0.29) is 24.8 Å². The van der Waals surface area contributed by atoms with Gasteiger partial charge in [-0.3, -0.25) is 0 Å². The molecule has 4 aliphatic rings. The molecular formula is C52H68Cl2SiZr. The molecule has 4 aromatic rings. The Bertz CT molecular complexity index is 1980. The van der Waals surface area contributed by atoms with Gasteiger partial charge in [-0.1, -0.05) is 0 Å². The van der Waals surface area contributed by atoms with Crippen molar-refractivity contribution in [2.45, 2.75) is 133 Å². The Morgan fingerprint density at radius 2 is 0.946 bits per heavy atom. The zero-order chi connectivity index (χ0) is 37.6. The van der Waals surface area contributed by atoms with Crippen LogP contribution in [0, 0.1) is 11.8 Å². The number of hydrogen-bond donors (Lipinski definition) is 0. The molecule has 0 aromatic heterocycles. The Labute approximate surface area is 355 Å². The number of hydrogen-bond acceptors (Lipinski definition) is 0. The summed E-state index contributed by atoms with van der Waals surface area (Å²) >= 11 is -3.90. The maximum atomic E-state index is 2.97. The van der Waals surface area contributed by atoms with Crippen molar-refractivity contribution in [3.05, 3.63) is 129 Å². The van der Waals surface area contributed by atoms with E-state index in [0.717, 1.165) is 11.8 Å². The average Bonchev–Trinajstić information content (AvgIpc) is 3.99. The predicted molar refractivity (Wildman–Crippen MR) is 251 cm³/mol. The summed E-state index contributed by atoms with van der Waals surface area (Å²) in [5.41, 5.74) is 18.6. The first kappa shape index (κ1) is 43.6. The van der Waals surface area contributed by atoms with Crippen molar-refractivity contribution in [3.63, 3.8) is 0 Å². The first-order chi connectivity index (χ1) is 26.0. The van der Waals surface area contributed by atoms with E-state index in [1.807, 2.05) is 11.1 Å². The van der Waals surface area contributed by atoms with Crippen LogP contribution in [0.25, 0.3) is 34.4 Å². The van der Waals surface area contributed by atoms with Crippen LogP contribution in [-0.2, 0) is 17.4 Å².